The van der Waals surface area contributed by atoms with Gasteiger partial charge in [0.25, 0.3) is 0 Å². The van der Waals surface area contributed by atoms with E-state index in [1.54, 1.807) is 0 Å². The fourth-order valence-electron chi connectivity index (χ4n) is 4.00. The van der Waals surface area contributed by atoms with Gasteiger partial charge in [-0.25, -0.2) is 0 Å². The van der Waals surface area contributed by atoms with Gasteiger partial charge in [-0.3, -0.25) is 4.90 Å². The van der Waals surface area contributed by atoms with Crippen molar-refractivity contribution in [3.63, 3.8) is 0 Å². The Bertz CT molecular complexity index is 243. The summed E-state index contributed by atoms with van der Waals surface area (Å²) < 4.78 is 0. The number of nitrogens with two attached hydrogens (primary N) is 1. The van der Waals surface area contributed by atoms with Gasteiger partial charge in [-0.15, -0.1) is 0 Å². The first kappa shape index (κ1) is 14.3. The van der Waals surface area contributed by atoms with E-state index < -0.39 is 0 Å². The molecule has 2 rings (SSSR count). The van der Waals surface area contributed by atoms with Crippen LogP contribution in [-0.2, 0) is 0 Å². The van der Waals surface area contributed by atoms with Crippen LogP contribution in [0, 0.1) is 11.8 Å². The van der Waals surface area contributed by atoms with E-state index in [2.05, 4.69) is 18.7 Å². The molecule has 1 heterocycles. The molecule has 0 spiro atoms. The summed E-state index contributed by atoms with van der Waals surface area (Å²) in [5, 5.41) is 0. The molecule has 106 valence electrons. The number of nitrogens with zero attached hydrogens (tertiary/aromatic N) is 1. The topological polar surface area (TPSA) is 29.3 Å². The van der Waals surface area contributed by atoms with Crippen LogP contribution in [0.15, 0.2) is 0 Å². The fraction of sp³-hybridized carbons (Fsp3) is 1.00. The zero-order chi connectivity index (χ0) is 13.0. The maximum Gasteiger partial charge on any atom is 0.0331 e. The Kier molecular flexibility index (Phi) is 5.08. The van der Waals surface area contributed by atoms with E-state index in [9.17, 15) is 0 Å². The van der Waals surface area contributed by atoms with Gasteiger partial charge in [-0.1, -0.05) is 20.3 Å². The molecule has 1 atom stereocenters. The van der Waals surface area contributed by atoms with Crippen LogP contribution in [0.2, 0.25) is 0 Å². The minimum Gasteiger partial charge on any atom is -0.329 e. The van der Waals surface area contributed by atoms with Crippen molar-refractivity contribution in [3.8, 4) is 0 Å². The Labute approximate surface area is 113 Å². The third-order valence-corrected chi connectivity index (χ3v) is 5.68. The normalized spacial score (nSPS) is 39.5. The van der Waals surface area contributed by atoms with E-state index in [4.69, 9.17) is 5.73 Å². The average molecular weight is 252 g/mol. The molecular formula is C16H32N2. The highest BCUT2D eigenvalue weighted by Gasteiger charge is 2.38. The van der Waals surface area contributed by atoms with E-state index in [-0.39, 0.29) is 0 Å². The van der Waals surface area contributed by atoms with Gasteiger partial charge in [0.1, 0.15) is 0 Å². The molecule has 1 unspecified atom stereocenters. The quantitative estimate of drug-likeness (QED) is 0.834. The lowest BCUT2D eigenvalue weighted by Gasteiger charge is -2.47. The van der Waals surface area contributed by atoms with Crippen LogP contribution in [-0.4, -0.2) is 30.1 Å². The van der Waals surface area contributed by atoms with Crippen molar-refractivity contribution in [1.82, 2.24) is 4.90 Å². The molecule has 1 saturated carbocycles. The molecule has 0 radical (unpaired) electrons. The van der Waals surface area contributed by atoms with Crippen LogP contribution < -0.4 is 5.73 Å². The molecule has 0 amide bonds. The molecule has 0 bridgehead atoms. The van der Waals surface area contributed by atoms with E-state index in [1.165, 1.54) is 64.5 Å². The second-order valence-corrected chi connectivity index (χ2v) is 6.80. The van der Waals surface area contributed by atoms with Gasteiger partial charge >= 0.3 is 0 Å². The van der Waals surface area contributed by atoms with Crippen LogP contribution in [0.5, 0.6) is 0 Å². The van der Waals surface area contributed by atoms with E-state index in [1.807, 2.05) is 0 Å². The maximum absolute atomic E-state index is 6.19. The minimum atomic E-state index is 0.356. The minimum absolute atomic E-state index is 0.356. The first-order valence-corrected chi connectivity index (χ1v) is 8.15. The Hall–Kier alpha value is -0.0800. The van der Waals surface area contributed by atoms with Gasteiger partial charge in [0.05, 0.1) is 0 Å². The van der Waals surface area contributed by atoms with Crippen LogP contribution in [0.1, 0.15) is 65.2 Å². The van der Waals surface area contributed by atoms with Crippen LogP contribution in [0.3, 0.4) is 0 Å². The highest BCUT2D eigenvalue weighted by molar-refractivity contribution is 4.96. The van der Waals surface area contributed by atoms with Crippen molar-refractivity contribution in [2.24, 2.45) is 17.6 Å². The van der Waals surface area contributed by atoms with Crippen molar-refractivity contribution in [1.29, 1.82) is 0 Å². The number of hydrogen-bond acceptors (Lipinski definition) is 2. The number of hydrogen-bond donors (Lipinski definition) is 1. The molecule has 0 aromatic rings. The summed E-state index contributed by atoms with van der Waals surface area (Å²) in [5.74, 6) is 1.88. The molecule has 2 heteroatoms. The third-order valence-electron chi connectivity index (χ3n) is 5.68. The monoisotopic (exact) mass is 252 g/mol. The smallest absolute Gasteiger partial charge is 0.0331 e. The maximum atomic E-state index is 6.19. The van der Waals surface area contributed by atoms with Gasteiger partial charge in [0.15, 0.2) is 0 Å². The van der Waals surface area contributed by atoms with Gasteiger partial charge in [0.2, 0.25) is 0 Å². The lowest BCUT2D eigenvalue weighted by atomic mass is 9.76. The molecule has 2 aliphatic rings. The number of rotatable bonds is 3. The predicted octanol–water partition coefficient (Wildman–Crippen LogP) is 3.41. The molecule has 1 aliphatic heterocycles. The Balaban J connectivity index is 1.99. The second-order valence-electron chi connectivity index (χ2n) is 6.80. The molecule has 0 aromatic heterocycles. The molecule has 18 heavy (non-hydrogen) atoms. The number of likely N-dealkylation sites (tertiary alicyclic amines) is 1. The Morgan fingerprint density at radius 3 is 2.44 bits per heavy atom. The molecule has 2 fully saturated rings. The summed E-state index contributed by atoms with van der Waals surface area (Å²) in [6.45, 7) is 8.21. The molecule has 2 nitrogen and oxygen atoms in total. The van der Waals surface area contributed by atoms with Gasteiger partial charge in [-0.05, 0) is 69.9 Å². The zero-order valence-electron chi connectivity index (χ0n) is 12.5. The van der Waals surface area contributed by atoms with Crippen LogP contribution in [0.4, 0.5) is 0 Å². The summed E-state index contributed by atoms with van der Waals surface area (Å²) in [6, 6.07) is 0. The van der Waals surface area contributed by atoms with Crippen molar-refractivity contribution >= 4 is 0 Å². The first-order chi connectivity index (χ1) is 8.70. The van der Waals surface area contributed by atoms with Crippen molar-refractivity contribution in [3.05, 3.63) is 0 Å². The summed E-state index contributed by atoms with van der Waals surface area (Å²) >= 11 is 0. The summed E-state index contributed by atoms with van der Waals surface area (Å²) in [7, 11) is 0. The lowest BCUT2D eigenvalue weighted by Crippen LogP contribution is -2.56. The van der Waals surface area contributed by atoms with E-state index >= 15 is 0 Å². The van der Waals surface area contributed by atoms with Gasteiger partial charge in [-0.2, -0.15) is 0 Å². The van der Waals surface area contributed by atoms with Crippen molar-refractivity contribution in [2.75, 3.05) is 19.6 Å². The first-order valence-electron chi connectivity index (χ1n) is 8.15. The highest BCUT2D eigenvalue weighted by atomic mass is 15.2. The standard InChI is InChI=1S/C16H32N2/c1-3-15-5-4-11-18(12-8-15)16(13-17)9-6-14(2)7-10-16/h14-15H,3-13,17H2,1-2H3. The highest BCUT2D eigenvalue weighted by Crippen LogP contribution is 2.37. The van der Waals surface area contributed by atoms with E-state index in [0.29, 0.717) is 5.54 Å². The Morgan fingerprint density at radius 1 is 1.11 bits per heavy atom. The van der Waals surface area contributed by atoms with E-state index in [0.717, 1.165) is 18.4 Å². The molecule has 1 aliphatic carbocycles. The average Bonchev–Trinajstić information content (AvgIpc) is 2.66. The summed E-state index contributed by atoms with van der Waals surface area (Å²) in [5.41, 5.74) is 6.55. The van der Waals surface area contributed by atoms with Crippen molar-refractivity contribution in [2.45, 2.75) is 70.8 Å². The second kappa shape index (κ2) is 6.38. The SMILES string of the molecule is CCC1CCCN(C2(CN)CCC(C)CC2)CC1. The fourth-order valence-corrected chi connectivity index (χ4v) is 4.00. The largest absolute Gasteiger partial charge is 0.329 e. The zero-order valence-corrected chi connectivity index (χ0v) is 12.5. The molecule has 1 saturated heterocycles. The predicted molar refractivity (Wildman–Crippen MR) is 78.6 cm³/mol. The Morgan fingerprint density at radius 2 is 1.83 bits per heavy atom. The third kappa shape index (κ3) is 3.08. The summed E-state index contributed by atoms with van der Waals surface area (Å²) in [6.07, 6.45) is 11.0. The summed E-state index contributed by atoms with van der Waals surface area (Å²) in [4.78, 5) is 2.77. The lowest BCUT2D eigenvalue weighted by molar-refractivity contribution is 0.0467. The van der Waals surface area contributed by atoms with Crippen LogP contribution >= 0.6 is 0 Å². The molecular weight excluding hydrogens is 220 g/mol. The van der Waals surface area contributed by atoms with Gasteiger partial charge in [0, 0.05) is 12.1 Å². The van der Waals surface area contributed by atoms with Gasteiger partial charge < -0.3 is 5.73 Å². The van der Waals surface area contributed by atoms with Crippen LogP contribution in [0.25, 0.3) is 0 Å². The van der Waals surface area contributed by atoms with Crippen molar-refractivity contribution < 1.29 is 0 Å². The molecule has 0 aromatic carbocycles. The molecule has 2 N–H and O–H groups in total.